The van der Waals surface area contributed by atoms with Gasteiger partial charge in [-0.05, 0) is 23.0 Å². The molecule has 126 valence electrons. The standard InChI is InChI=1S/C18H25NO4/c1-18(2,3)11-19(17(20)21)10-14-15-12(6-8-22-14)4-5-13-7-9-23-16(13)15/h4-5,14H,6-11H2,1-3H3,(H,20,21). The number of rotatable bonds is 3. The molecule has 2 heterocycles. The van der Waals surface area contributed by atoms with E-state index in [0.29, 0.717) is 26.3 Å². The van der Waals surface area contributed by atoms with Crippen molar-refractivity contribution >= 4 is 6.09 Å². The first-order valence-electron chi connectivity index (χ1n) is 8.22. The second kappa shape index (κ2) is 6.04. The number of amides is 1. The first-order chi connectivity index (χ1) is 10.8. The molecule has 0 radical (unpaired) electrons. The molecule has 5 heteroatoms. The summed E-state index contributed by atoms with van der Waals surface area (Å²) in [5, 5.41) is 9.55. The molecule has 5 nitrogen and oxygen atoms in total. The summed E-state index contributed by atoms with van der Waals surface area (Å²) in [6, 6.07) is 4.28. The lowest BCUT2D eigenvalue weighted by Gasteiger charge is -2.34. The highest BCUT2D eigenvalue weighted by Gasteiger charge is 2.32. The van der Waals surface area contributed by atoms with Crippen LogP contribution < -0.4 is 4.74 Å². The summed E-state index contributed by atoms with van der Waals surface area (Å²) in [6.07, 6.45) is 0.629. The van der Waals surface area contributed by atoms with Crippen LogP contribution in [0.25, 0.3) is 0 Å². The van der Waals surface area contributed by atoms with E-state index >= 15 is 0 Å². The van der Waals surface area contributed by atoms with E-state index in [9.17, 15) is 9.90 Å². The summed E-state index contributed by atoms with van der Waals surface area (Å²) >= 11 is 0. The summed E-state index contributed by atoms with van der Waals surface area (Å²) < 4.78 is 11.8. The van der Waals surface area contributed by atoms with Gasteiger partial charge in [0, 0.05) is 18.5 Å². The highest BCUT2D eigenvalue weighted by atomic mass is 16.5. The van der Waals surface area contributed by atoms with Gasteiger partial charge in [-0.1, -0.05) is 32.9 Å². The van der Waals surface area contributed by atoms with E-state index in [1.807, 2.05) is 20.8 Å². The van der Waals surface area contributed by atoms with E-state index in [-0.39, 0.29) is 11.5 Å². The van der Waals surface area contributed by atoms with Crippen molar-refractivity contribution in [2.24, 2.45) is 5.41 Å². The molecule has 2 aliphatic heterocycles. The van der Waals surface area contributed by atoms with Gasteiger partial charge in [-0.2, -0.15) is 0 Å². The average Bonchev–Trinajstić information content (AvgIpc) is 2.93. The maximum atomic E-state index is 11.6. The second-order valence-corrected chi connectivity index (χ2v) is 7.56. The minimum absolute atomic E-state index is 0.0922. The van der Waals surface area contributed by atoms with Crippen LogP contribution in [0.4, 0.5) is 4.79 Å². The maximum absolute atomic E-state index is 11.6. The van der Waals surface area contributed by atoms with Crippen LogP contribution in [0.2, 0.25) is 0 Å². The molecular formula is C18H25NO4. The first kappa shape index (κ1) is 16.1. The third-order valence-corrected chi connectivity index (χ3v) is 4.32. The topological polar surface area (TPSA) is 59.0 Å². The molecule has 1 unspecified atom stereocenters. The van der Waals surface area contributed by atoms with Crippen LogP contribution in [0.5, 0.6) is 5.75 Å². The zero-order valence-corrected chi connectivity index (χ0v) is 14.1. The van der Waals surface area contributed by atoms with E-state index in [1.54, 1.807) is 0 Å². The molecule has 0 saturated carbocycles. The van der Waals surface area contributed by atoms with Gasteiger partial charge < -0.3 is 19.5 Å². The van der Waals surface area contributed by atoms with Gasteiger partial charge >= 0.3 is 6.09 Å². The normalized spacial score (nSPS) is 19.7. The average molecular weight is 319 g/mol. The SMILES string of the molecule is CC(C)(C)CN(CC1OCCc2ccc3c(c21)OCC3)C(=O)O. The molecule has 23 heavy (non-hydrogen) atoms. The van der Waals surface area contributed by atoms with Crippen molar-refractivity contribution in [3.8, 4) is 5.75 Å². The lowest BCUT2D eigenvalue weighted by molar-refractivity contribution is 0.0106. The molecule has 1 aromatic carbocycles. The van der Waals surface area contributed by atoms with E-state index in [2.05, 4.69) is 12.1 Å². The quantitative estimate of drug-likeness (QED) is 0.929. The molecule has 1 amide bonds. The van der Waals surface area contributed by atoms with Crippen LogP contribution in [-0.4, -0.2) is 42.4 Å². The molecule has 0 spiro atoms. The number of carbonyl (C=O) groups is 1. The Labute approximate surface area is 137 Å². The van der Waals surface area contributed by atoms with Gasteiger partial charge in [0.15, 0.2) is 0 Å². The Kier molecular flexibility index (Phi) is 4.23. The zero-order chi connectivity index (χ0) is 16.6. The molecule has 1 N–H and O–H groups in total. The van der Waals surface area contributed by atoms with Gasteiger partial charge in [-0.15, -0.1) is 0 Å². The lowest BCUT2D eigenvalue weighted by Crippen LogP contribution is -2.40. The molecule has 2 aliphatic rings. The van der Waals surface area contributed by atoms with E-state index in [0.717, 1.165) is 24.2 Å². The van der Waals surface area contributed by atoms with Crippen LogP contribution in [0.15, 0.2) is 12.1 Å². The third kappa shape index (κ3) is 3.44. The fourth-order valence-electron chi connectivity index (χ4n) is 3.41. The van der Waals surface area contributed by atoms with Gasteiger partial charge in [0.05, 0.1) is 19.8 Å². The Morgan fingerprint density at radius 1 is 1.26 bits per heavy atom. The molecule has 0 fully saturated rings. The van der Waals surface area contributed by atoms with Crippen molar-refractivity contribution in [1.82, 2.24) is 4.90 Å². The molecular weight excluding hydrogens is 294 g/mol. The molecule has 0 aromatic heterocycles. The van der Waals surface area contributed by atoms with Crippen molar-refractivity contribution in [2.75, 3.05) is 26.3 Å². The predicted octanol–water partition coefficient (Wildman–Crippen LogP) is 3.26. The predicted molar refractivity (Wildman–Crippen MR) is 87.1 cm³/mol. The van der Waals surface area contributed by atoms with Crippen LogP contribution in [0.1, 0.15) is 43.6 Å². The number of fused-ring (bicyclic) bond motifs is 3. The number of nitrogens with zero attached hydrogens (tertiary/aromatic N) is 1. The molecule has 3 rings (SSSR count). The Morgan fingerprint density at radius 2 is 1.96 bits per heavy atom. The van der Waals surface area contributed by atoms with Crippen molar-refractivity contribution < 1.29 is 19.4 Å². The lowest BCUT2D eigenvalue weighted by atomic mass is 9.92. The van der Waals surface area contributed by atoms with Gasteiger partial charge in [-0.3, -0.25) is 0 Å². The Morgan fingerprint density at radius 3 is 2.65 bits per heavy atom. The van der Waals surface area contributed by atoms with E-state index in [1.165, 1.54) is 16.0 Å². The summed E-state index contributed by atoms with van der Waals surface area (Å²) in [5.74, 6) is 0.924. The van der Waals surface area contributed by atoms with Crippen molar-refractivity contribution in [3.63, 3.8) is 0 Å². The maximum Gasteiger partial charge on any atom is 0.407 e. The Bertz CT molecular complexity index is 606. The van der Waals surface area contributed by atoms with Crippen molar-refractivity contribution in [2.45, 2.75) is 39.7 Å². The highest BCUT2D eigenvalue weighted by molar-refractivity contribution is 5.65. The van der Waals surface area contributed by atoms with Gasteiger partial charge in [0.2, 0.25) is 0 Å². The largest absolute Gasteiger partial charge is 0.493 e. The molecule has 1 atom stereocenters. The fourth-order valence-corrected chi connectivity index (χ4v) is 3.41. The summed E-state index contributed by atoms with van der Waals surface area (Å²) in [5.41, 5.74) is 3.40. The minimum Gasteiger partial charge on any atom is -0.493 e. The molecule has 0 bridgehead atoms. The number of hydrogen-bond acceptors (Lipinski definition) is 3. The van der Waals surface area contributed by atoms with Gasteiger partial charge in [0.1, 0.15) is 11.9 Å². The molecule has 0 saturated heterocycles. The smallest absolute Gasteiger partial charge is 0.407 e. The van der Waals surface area contributed by atoms with E-state index < -0.39 is 6.09 Å². The minimum atomic E-state index is -0.899. The first-order valence-corrected chi connectivity index (χ1v) is 8.22. The number of carboxylic acid groups (broad SMARTS) is 1. The Balaban J connectivity index is 1.88. The highest BCUT2D eigenvalue weighted by Crippen LogP contribution is 2.40. The number of hydrogen-bond donors (Lipinski definition) is 1. The zero-order valence-electron chi connectivity index (χ0n) is 14.1. The van der Waals surface area contributed by atoms with Gasteiger partial charge in [-0.25, -0.2) is 4.79 Å². The van der Waals surface area contributed by atoms with Crippen molar-refractivity contribution in [3.05, 3.63) is 28.8 Å². The molecule has 0 aliphatic carbocycles. The fraction of sp³-hybridized carbons (Fsp3) is 0.611. The summed E-state index contributed by atoms with van der Waals surface area (Å²) in [4.78, 5) is 13.1. The van der Waals surface area contributed by atoms with Crippen molar-refractivity contribution in [1.29, 1.82) is 0 Å². The van der Waals surface area contributed by atoms with Crippen LogP contribution in [0.3, 0.4) is 0 Å². The van der Waals surface area contributed by atoms with Crippen LogP contribution in [-0.2, 0) is 17.6 Å². The van der Waals surface area contributed by atoms with Crippen LogP contribution >= 0.6 is 0 Å². The van der Waals surface area contributed by atoms with E-state index in [4.69, 9.17) is 9.47 Å². The molecule has 1 aromatic rings. The third-order valence-electron chi connectivity index (χ3n) is 4.32. The summed E-state index contributed by atoms with van der Waals surface area (Å²) in [6.45, 7) is 8.27. The Hall–Kier alpha value is -1.75. The van der Waals surface area contributed by atoms with Crippen LogP contribution in [0, 0.1) is 5.41 Å². The second-order valence-electron chi connectivity index (χ2n) is 7.56. The number of benzene rings is 1. The van der Waals surface area contributed by atoms with Gasteiger partial charge in [0.25, 0.3) is 0 Å². The summed E-state index contributed by atoms with van der Waals surface area (Å²) in [7, 11) is 0. The monoisotopic (exact) mass is 319 g/mol. The number of ether oxygens (including phenoxy) is 2.